The molecule has 0 aromatic carbocycles. The maximum atomic E-state index is 12.1. The summed E-state index contributed by atoms with van der Waals surface area (Å²) in [7, 11) is 0. The quantitative estimate of drug-likeness (QED) is 0.784. The van der Waals surface area contributed by atoms with Gasteiger partial charge in [0.15, 0.2) is 0 Å². The molecule has 6 nitrogen and oxygen atoms in total. The minimum Gasteiger partial charge on any atom is -0.476 e. The lowest BCUT2D eigenvalue weighted by Gasteiger charge is -2.13. The number of nitrogens with zero attached hydrogens (tertiary/aromatic N) is 2. The van der Waals surface area contributed by atoms with E-state index in [4.69, 9.17) is 16.3 Å². The molecule has 0 aliphatic carbocycles. The molecule has 1 aliphatic rings. The zero-order valence-corrected chi connectivity index (χ0v) is 12.6. The Morgan fingerprint density at radius 2 is 2.24 bits per heavy atom. The van der Waals surface area contributed by atoms with Crippen LogP contribution < -0.4 is 10.1 Å². The molecule has 0 unspecified atom stereocenters. The Bertz CT molecular complexity index is 507. The van der Waals surface area contributed by atoms with Crippen LogP contribution in [-0.2, 0) is 4.79 Å². The smallest absolute Gasteiger partial charge is 0.324 e. The van der Waals surface area contributed by atoms with Gasteiger partial charge in [0.25, 0.3) is 5.91 Å². The van der Waals surface area contributed by atoms with Gasteiger partial charge in [0.05, 0.1) is 11.6 Å². The highest BCUT2D eigenvalue weighted by molar-refractivity contribution is 6.30. The van der Waals surface area contributed by atoms with E-state index in [1.807, 2.05) is 6.92 Å². The number of ether oxygens (including phenoxy) is 1. The lowest BCUT2D eigenvalue weighted by atomic mass is 10.1. The number of hydrogen-bond acceptors (Lipinski definition) is 4. The second-order valence-electron chi connectivity index (χ2n) is 4.80. The predicted octanol–water partition coefficient (Wildman–Crippen LogP) is 2.22. The first kappa shape index (κ1) is 15.6. The van der Waals surface area contributed by atoms with E-state index in [1.54, 1.807) is 12.1 Å². The van der Waals surface area contributed by atoms with Gasteiger partial charge in [-0.2, -0.15) is 0 Å². The molecule has 0 radical (unpaired) electrons. The second kappa shape index (κ2) is 7.26. The summed E-state index contributed by atoms with van der Waals surface area (Å²) in [4.78, 5) is 29.0. The largest absolute Gasteiger partial charge is 0.476 e. The third-order valence-electron chi connectivity index (χ3n) is 3.22. The van der Waals surface area contributed by atoms with Crippen molar-refractivity contribution in [2.45, 2.75) is 32.2 Å². The number of hydrogen-bond donors (Lipinski definition) is 1. The van der Waals surface area contributed by atoms with Gasteiger partial charge in [-0.25, -0.2) is 9.78 Å². The van der Waals surface area contributed by atoms with Crippen LogP contribution in [0.5, 0.6) is 5.88 Å². The van der Waals surface area contributed by atoms with Gasteiger partial charge in [-0.3, -0.25) is 9.69 Å². The van der Waals surface area contributed by atoms with Crippen LogP contribution in [0.2, 0.25) is 5.02 Å². The Morgan fingerprint density at radius 3 is 2.90 bits per heavy atom. The first-order valence-electron chi connectivity index (χ1n) is 6.98. The first-order valence-corrected chi connectivity index (χ1v) is 7.36. The molecule has 1 aromatic rings. The fourth-order valence-corrected chi connectivity index (χ4v) is 2.19. The van der Waals surface area contributed by atoms with Crippen LogP contribution >= 0.6 is 11.6 Å². The first-order chi connectivity index (χ1) is 10.1. The molecule has 0 bridgehead atoms. The van der Waals surface area contributed by atoms with Gasteiger partial charge in [-0.1, -0.05) is 31.4 Å². The van der Waals surface area contributed by atoms with Crippen LogP contribution in [0.1, 0.15) is 26.2 Å². The molecule has 3 amide bonds. The molecule has 1 aliphatic heterocycles. The van der Waals surface area contributed by atoms with Crippen molar-refractivity contribution in [3.63, 3.8) is 0 Å². The number of carbonyl (C=O) groups excluding carboxylic acids is 2. The van der Waals surface area contributed by atoms with Crippen molar-refractivity contribution < 1.29 is 14.3 Å². The van der Waals surface area contributed by atoms with Crippen molar-refractivity contribution in [3.8, 4) is 5.88 Å². The lowest BCUT2D eigenvalue weighted by Crippen LogP contribution is -2.35. The predicted molar refractivity (Wildman–Crippen MR) is 78.3 cm³/mol. The molecular formula is C14H18ClN3O3. The summed E-state index contributed by atoms with van der Waals surface area (Å²) in [5.74, 6) is 0.232. The van der Waals surface area contributed by atoms with E-state index in [2.05, 4.69) is 10.3 Å². The zero-order chi connectivity index (χ0) is 15.2. The minimum atomic E-state index is -0.397. The summed E-state index contributed by atoms with van der Waals surface area (Å²) < 4.78 is 5.39. The van der Waals surface area contributed by atoms with Crippen molar-refractivity contribution in [1.29, 1.82) is 0 Å². The molecule has 1 fully saturated rings. The molecule has 114 valence electrons. The van der Waals surface area contributed by atoms with Gasteiger partial charge in [-0.05, 0) is 12.5 Å². The Morgan fingerprint density at radius 1 is 1.43 bits per heavy atom. The number of carbonyl (C=O) groups is 2. The number of amides is 3. The summed E-state index contributed by atoms with van der Waals surface area (Å²) in [6, 6.07) is 2.55. The van der Waals surface area contributed by atoms with Crippen LogP contribution in [0, 0.1) is 0 Å². The Balaban J connectivity index is 1.81. The van der Waals surface area contributed by atoms with E-state index in [-0.39, 0.29) is 25.1 Å². The molecule has 1 N–H and O–H groups in total. The minimum absolute atomic E-state index is 0.180. The van der Waals surface area contributed by atoms with E-state index in [0.29, 0.717) is 17.3 Å². The number of nitrogens with one attached hydrogen (secondary N) is 1. The molecule has 1 aromatic heterocycles. The molecule has 21 heavy (non-hydrogen) atoms. The van der Waals surface area contributed by atoms with Crippen molar-refractivity contribution in [3.05, 3.63) is 23.4 Å². The molecule has 2 heterocycles. The molecule has 7 heteroatoms. The van der Waals surface area contributed by atoms with Gasteiger partial charge >= 0.3 is 6.03 Å². The molecule has 2 rings (SSSR count). The number of urea groups is 1. The van der Waals surface area contributed by atoms with Gasteiger partial charge in [0, 0.05) is 12.3 Å². The maximum absolute atomic E-state index is 12.1. The summed E-state index contributed by atoms with van der Waals surface area (Å²) in [5.41, 5.74) is 0. The monoisotopic (exact) mass is 311 g/mol. The van der Waals surface area contributed by atoms with E-state index < -0.39 is 6.04 Å². The van der Waals surface area contributed by atoms with Gasteiger partial charge in [-0.15, -0.1) is 0 Å². The van der Waals surface area contributed by atoms with E-state index in [9.17, 15) is 9.59 Å². The van der Waals surface area contributed by atoms with Gasteiger partial charge in [0.1, 0.15) is 12.6 Å². The van der Waals surface area contributed by atoms with Crippen LogP contribution in [0.15, 0.2) is 18.3 Å². The number of unbranched alkanes of at least 4 members (excludes halogenated alkanes) is 1. The third-order valence-corrected chi connectivity index (χ3v) is 3.44. The standard InChI is InChI=1S/C14H18ClN3O3/c1-2-3-4-11-13(19)18(14(20)17-11)7-8-21-12-6-5-10(15)9-16-12/h5-6,9,11H,2-4,7-8H2,1H3,(H,17,20)/t11-/m0/s1. The van der Waals surface area contributed by atoms with Crippen LogP contribution in [0.4, 0.5) is 4.79 Å². The van der Waals surface area contributed by atoms with Crippen LogP contribution in [0.3, 0.4) is 0 Å². The highest BCUT2D eigenvalue weighted by Crippen LogP contribution is 2.13. The summed E-state index contributed by atoms with van der Waals surface area (Å²) in [6.45, 7) is 2.46. The number of pyridine rings is 1. The van der Waals surface area contributed by atoms with Gasteiger partial charge in [0.2, 0.25) is 5.88 Å². The Hall–Kier alpha value is -1.82. The highest BCUT2D eigenvalue weighted by Gasteiger charge is 2.36. The normalized spacial score (nSPS) is 18.0. The van der Waals surface area contributed by atoms with E-state index in [1.165, 1.54) is 11.1 Å². The van der Waals surface area contributed by atoms with Crippen molar-refractivity contribution in [2.24, 2.45) is 0 Å². The fraction of sp³-hybridized carbons (Fsp3) is 0.500. The van der Waals surface area contributed by atoms with E-state index >= 15 is 0 Å². The van der Waals surface area contributed by atoms with Gasteiger partial charge < -0.3 is 10.1 Å². The topological polar surface area (TPSA) is 71.5 Å². The van der Waals surface area contributed by atoms with Crippen molar-refractivity contribution in [1.82, 2.24) is 15.2 Å². The lowest BCUT2D eigenvalue weighted by molar-refractivity contribution is -0.127. The van der Waals surface area contributed by atoms with E-state index in [0.717, 1.165) is 12.8 Å². The average molecular weight is 312 g/mol. The average Bonchev–Trinajstić information content (AvgIpc) is 2.74. The molecule has 0 spiro atoms. The fourth-order valence-electron chi connectivity index (χ4n) is 2.08. The maximum Gasteiger partial charge on any atom is 0.324 e. The van der Waals surface area contributed by atoms with Crippen LogP contribution in [0.25, 0.3) is 0 Å². The molecular weight excluding hydrogens is 294 g/mol. The number of halogens is 1. The van der Waals surface area contributed by atoms with Crippen LogP contribution in [-0.4, -0.2) is 41.0 Å². The Kier molecular flexibility index (Phi) is 5.38. The summed E-state index contributed by atoms with van der Waals surface area (Å²) in [5, 5.41) is 3.22. The SMILES string of the molecule is CCCC[C@@H]1NC(=O)N(CCOc2ccc(Cl)cn2)C1=O. The van der Waals surface area contributed by atoms with Crippen molar-refractivity contribution >= 4 is 23.5 Å². The molecule has 1 atom stereocenters. The summed E-state index contributed by atoms with van der Waals surface area (Å²) >= 11 is 5.72. The second-order valence-corrected chi connectivity index (χ2v) is 5.23. The number of aromatic nitrogens is 1. The molecule has 0 saturated carbocycles. The van der Waals surface area contributed by atoms with Crippen molar-refractivity contribution in [2.75, 3.05) is 13.2 Å². The summed E-state index contributed by atoms with van der Waals surface area (Å²) in [6.07, 6.45) is 4.06. The zero-order valence-electron chi connectivity index (χ0n) is 11.8. The number of imide groups is 1. The third kappa shape index (κ3) is 4.07. The molecule has 1 saturated heterocycles. The Labute approximate surface area is 128 Å². The number of rotatable bonds is 7. The highest BCUT2D eigenvalue weighted by atomic mass is 35.5.